The van der Waals surface area contributed by atoms with Crippen molar-refractivity contribution in [3.8, 4) is 0 Å². The van der Waals surface area contributed by atoms with Gasteiger partial charge in [0, 0.05) is 30.4 Å². The normalized spacial score (nSPS) is 20.3. The Labute approximate surface area is 162 Å². The van der Waals surface area contributed by atoms with Crippen LogP contribution in [0.2, 0.25) is 0 Å². The molecule has 4 heterocycles. The fourth-order valence-corrected chi connectivity index (χ4v) is 4.69. The molecule has 1 aliphatic rings. The number of hydrogen-bond donors (Lipinski definition) is 1. The second-order valence-corrected chi connectivity index (χ2v) is 8.04. The van der Waals surface area contributed by atoms with E-state index >= 15 is 0 Å². The van der Waals surface area contributed by atoms with Crippen LogP contribution in [0.1, 0.15) is 30.6 Å². The number of carboxylic acids is 1. The van der Waals surface area contributed by atoms with Gasteiger partial charge in [-0.2, -0.15) is 0 Å². The van der Waals surface area contributed by atoms with Gasteiger partial charge in [0.15, 0.2) is 5.65 Å². The maximum absolute atomic E-state index is 12.0. The van der Waals surface area contributed by atoms with Crippen LogP contribution in [-0.2, 0) is 0 Å². The number of aromatic carboxylic acids is 1. The molecule has 0 aliphatic carbocycles. The summed E-state index contributed by atoms with van der Waals surface area (Å²) >= 11 is 0. The molecule has 4 aromatic rings. The van der Waals surface area contributed by atoms with Crippen LogP contribution >= 0.6 is 0 Å². The van der Waals surface area contributed by atoms with Crippen molar-refractivity contribution in [3.05, 3.63) is 48.2 Å². The second-order valence-electron chi connectivity index (χ2n) is 8.04. The van der Waals surface area contributed by atoms with E-state index in [9.17, 15) is 9.90 Å². The van der Waals surface area contributed by atoms with Crippen LogP contribution in [-0.4, -0.2) is 38.5 Å². The summed E-state index contributed by atoms with van der Waals surface area (Å²) in [5, 5.41) is 10.7. The Morgan fingerprint density at radius 3 is 2.61 bits per heavy atom. The largest absolute Gasteiger partial charge is 0.478 e. The molecule has 0 bridgehead atoms. The van der Waals surface area contributed by atoms with E-state index in [0.717, 1.165) is 40.8 Å². The number of anilines is 1. The number of para-hydroxylation sites is 2. The lowest BCUT2D eigenvalue weighted by Gasteiger charge is -2.37. The third-order valence-corrected chi connectivity index (χ3v) is 5.69. The highest BCUT2D eigenvalue weighted by atomic mass is 16.4. The summed E-state index contributed by atoms with van der Waals surface area (Å²) in [4.78, 5) is 23.6. The van der Waals surface area contributed by atoms with Gasteiger partial charge >= 0.3 is 5.97 Å². The lowest BCUT2D eigenvalue weighted by molar-refractivity contribution is 0.0698. The van der Waals surface area contributed by atoms with Crippen molar-refractivity contribution in [1.29, 1.82) is 0 Å². The predicted molar refractivity (Wildman–Crippen MR) is 110 cm³/mol. The predicted octanol–water partition coefficient (Wildman–Crippen LogP) is 4.22. The first-order chi connectivity index (χ1) is 13.5. The Hall–Kier alpha value is -3.15. The fraction of sp³-hybridized carbons (Fsp3) is 0.318. The molecule has 1 saturated heterocycles. The van der Waals surface area contributed by atoms with E-state index in [4.69, 9.17) is 0 Å². The Morgan fingerprint density at radius 1 is 1.11 bits per heavy atom. The summed E-state index contributed by atoms with van der Waals surface area (Å²) in [6, 6.07) is 11.5. The molecule has 1 N–H and O–H groups in total. The van der Waals surface area contributed by atoms with E-state index < -0.39 is 5.97 Å². The first kappa shape index (κ1) is 17.0. The molecule has 0 spiro atoms. The highest BCUT2D eigenvalue weighted by Crippen LogP contribution is 2.34. The van der Waals surface area contributed by atoms with Crippen molar-refractivity contribution in [2.45, 2.75) is 20.3 Å². The molecule has 5 rings (SSSR count). The molecule has 6 nitrogen and oxygen atoms in total. The Morgan fingerprint density at radius 2 is 1.86 bits per heavy atom. The number of imidazole rings is 1. The third kappa shape index (κ3) is 2.52. The third-order valence-electron chi connectivity index (χ3n) is 5.69. The zero-order valence-electron chi connectivity index (χ0n) is 16.0. The molecule has 0 radical (unpaired) electrons. The van der Waals surface area contributed by atoms with E-state index in [2.05, 4.69) is 28.7 Å². The molecule has 28 heavy (non-hydrogen) atoms. The Bertz CT molecular complexity index is 1220. The number of carboxylic acid groups (broad SMARTS) is 1. The van der Waals surface area contributed by atoms with Crippen LogP contribution in [0, 0.1) is 11.8 Å². The SMILES string of the molecule is C[C@@H]1C[C@H](C)CN(c2ccnc3c2cc(C(=O)O)c2nc4ccccc4n23)C1. The molecular weight excluding hydrogens is 352 g/mol. The summed E-state index contributed by atoms with van der Waals surface area (Å²) < 4.78 is 1.88. The van der Waals surface area contributed by atoms with E-state index in [1.807, 2.05) is 40.9 Å². The average Bonchev–Trinajstić information content (AvgIpc) is 3.05. The summed E-state index contributed by atoms with van der Waals surface area (Å²) in [5.74, 6) is 0.227. The van der Waals surface area contributed by atoms with Crippen LogP contribution in [0.5, 0.6) is 0 Å². The molecule has 0 amide bonds. The van der Waals surface area contributed by atoms with Gasteiger partial charge in [0.25, 0.3) is 0 Å². The minimum atomic E-state index is -0.975. The maximum Gasteiger partial charge on any atom is 0.339 e. The molecule has 1 aliphatic heterocycles. The van der Waals surface area contributed by atoms with Crippen LogP contribution < -0.4 is 4.90 Å². The lowest BCUT2D eigenvalue weighted by atomic mass is 9.91. The molecule has 1 fully saturated rings. The number of nitrogens with zero attached hydrogens (tertiary/aromatic N) is 4. The highest BCUT2D eigenvalue weighted by molar-refractivity contribution is 6.04. The number of carbonyl (C=O) groups is 1. The van der Waals surface area contributed by atoms with Gasteiger partial charge in [-0.05, 0) is 42.5 Å². The molecule has 3 aromatic heterocycles. The van der Waals surface area contributed by atoms with Crippen molar-refractivity contribution < 1.29 is 9.90 Å². The molecule has 6 heteroatoms. The van der Waals surface area contributed by atoms with Gasteiger partial charge in [-0.15, -0.1) is 0 Å². The van der Waals surface area contributed by atoms with Gasteiger partial charge < -0.3 is 10.0 Å². The minimum Gasteiger partial charge on any atom is -0.478 e. The van der Waals surface area contributed by atoms with Crippen molar-refractivity contribution in [2.75, 3.05) is 18.0 Å². The van der Waals surface area contributed by atoms with Crippen LogP contribution in [0.4, 0.5) is 5.69 Å². The highest BCUT2D eigenvalue weighted by Gasteiger charge is 2.25. The van der Waals surface area contributed by atoms with E-state index in [-0.39, 0.29) is 5.56 Å². The van der Waals surface area contributed by atoms with Crippen LogP contribution in [0.3, 0.4) is 0 Å². The first-order valence-corrected chi connectivity index (χ1v) is 9.70. The maximum atomic E-state index is 12.0. The number of pyridine rings is 2. The van der Waals surface area contributed by atoms with Crippen molar-refractivity contribution in [2.24, 2.45) is 11.8 Å². The Kier molecular flexibility index (Phi) is 3.75. The van der Waals surface area contributed by atoms with Gasteiger partial charge in [0.2, 0.25) is 0 Å². The topological polar surface area (TPSA) is 70.7 Å². The van der Waals surface area contributed by atoms with Crippen LogP contribution in [0.25, 0.3) is 27.7 Å². The number of piperidine rings is 1. The zero-order chi connectivity index (χ0) is 19.4. The molecule has 1 aromatic carbocycles. The standard InChI is InChI=1S/C22H22N4O2/c1-13-9-14(2)12-25(11-13)18-7-8-23-20-15(18)10-16(22(27)28)21-24-17-5-3-4-6-19(17)26(20)21/h3-8,10,13-14H,9,11-12H2,1-2H3,(H,27,28)/t13-,14+. The zero-order valence-corrected chi connectivity index (χ0v) is 16.0. The van der Waals surface area contributed by atoms with Gasteiger partial charge in [0.1, 0.15) is 11.2 Å². The molecular formula is C22H22N4O2. The summed E-state index contributed by atoms with van der Waals surface area (Å²) in [6.45, 7) is 6.48. The minimum absolute atomic E-state index is 0.205. The van der Waals surface area contributed by atoms with E-state index in [1.165, 1.54) is 6.42 Å². The first-order valence-electron chi connectivity index (χ1n) is 9.70. The smallest absolute Gasteiger partial charge is 0.339 e. The lowest BCUT2D eigenvalue weighted by Crippen LogP contribution is -2.38. The molecule has 0 unspecified atom stereocenters. The van der Waals surface area contributed by atoms with Gasteiger partial charge in [-0.25, -0.2) is 14.8 Å². The summed E-state index contributed by atoms with van der Waals surface area (Å²) in [5.41, 5.74) is 4.07. The van der Waals surface area contributed by atoms with Crippen LogP contribution in [0.15, 0.2) is 42.6 Å². The molecule has 0 saturated carbocycles. The number of aromatic nitrogens is 3. The molecule has 2 atom stereocenters. The quantitative estimate of drug-likeness (QED) is 0.569. The van der Waals surface area contributed by atoms with Gasteiger partial charge in [0.05, 0.1) is 11.0 Å². The van der Waals surface area contributed by atoms with Crippen molar-refractivity contribution in [3.63, 3.8) is 0 Å². The fourth-order valence-electron chi connectivity index (χ4n) is 4.69. The van der Waals surface area contributed by atoms with Gasteiger partial charge in [-0.1, -0.05) is 26.0 Å². The summed E-state index contributed by atoms with van der Waals surface area (Å²) in [7, 11) is 0. The van der Waals surface area contributed by atoms with E-state index in [0.29, 0.717) is 17.5 Å². The average molecular weight is 374 g/mol. The molecule has 142 valence electrons. The van der Waals surface area contributed by atoms with Crippen molar-refractivity contribution in [1.82, 2.24) is 14.4 Å². The number of hydrogen-bond acceptors (Lipinski definition) is 4. The number of benzene rings is 1. The number of fused-ring (bicyclic) bond motifs is 5. The Balaban J connectivity index is 1.86. The van der Waals surface area contributed by atoms with Crippen molar-refractivity contribution >= 4 is 39.4 Å². The van der Waals surface area contributed by atoms with Gasteiger partial charge in [-0.3, -0.25) is 4.40 Å². The second kappa shape index (κ2) is 6.19. The monoisotopic (exact) mass is 374 g/mol. The summed E-state index contributed by atoms with van der Waals surface area (Å²) in [6.07, 6.45) is 3.03. The van der Waals surface area contributed by atoms with E-state index in [1.54, 1.807) is 6.07 Å². The number of rotatable bonds is 2.